The Morgan fingerprint density at radius 1 is 1.00 bits per heavy atom. The van der Waals surface area contributed by atoms with E-state index in [4.69, 9.17) is 0 Å². The Labute approximate surface area is 265 Å². The number of ketones is 1. The highest BCUT2D eigenvalue weighted by molar-refractivity contribution is 7.89. The molecule has 1 aliphatic carbocycles. The highest BCUT2D eigenvalue weighted by Gasteiger charge is 2.65. The molecule has 9 nitrogen and oxygen atoms in total. The predicted molar refractivity (Wildman–Crippen MR) is 168 cm³/mol. The molecule has 0 spiro atoms. The van der Waals surface area contributed by atoms with Gasteiger partial charge in [0.1, 0.15) is 11.4 Å². The van der Waals surface area contributed by atoms with E-state index in [0.29, 0.717) is 42.9 Å². The summed E-state index contributed by atoms with van der Waals surface area (Å²) in [5.41, 5.74) is 1.72. The number of amides is 1. The summed E-state index contributed by atoms with van der Waals surface area (Å²) < 4.78 is 28.2. The SMILES string of the molecule is N#Cc1ccc(C(=O)/C=C2\NC(Cc3ccncc3)(Cc3ccsc3)C(=O)N2C2[C@H]3CN(S(=O)(=O)c4ccccc4)C[C@@H]23)cc1. The molecule has 2 aromatic carbocycles. The van der Waals surface area contributed by atoms with Crippen molar-refractivity contribution in [2.75, 3.05) is 13.1 Å². The smallest absolute Gasteiger partial charge is 0.254 e. The second-order valence-corrected chi connectivity index (χ2v) is 14.5. The van der Waals surface area contributed by atoms with E-state index in [-0.39, 0.29) is 34.5 Å². The molecule has 0 radical (unpaired) electrons. The van der Waals surface area contributed by atoms with Crippen LogP contribution in [0.5, 0.6) is 0 Å². The largest absolute Gasteiger partial charge is 0.357 e. The van der Waals surface area contributed by atoms with Crippen LogP contribution in [0.25, 0.3) is 0 Å². The Balaban J connectivity index is 1.23. The average Bonchev–Trinajstić information content (AvgIpc) is 3.44. The van der Waals surface area contributed by atoms with Crippen molar-refractivity contribution >= 4 is 33.1 Å². The first-order valence-corrected chi connectivity index (χ1v) is 17.0. The summed E-state index contributed by atoms with van der Waals surface area (Å²) in [7, 11) is -3.66. The number of pyridine rings is 1. The molecule has 4 aromatic rings. The minimum atomic E-state index is -3.66. The van der Waals surface area contributed by atoms with Gasteiger partial charge in [0, 0.05) is 67.8 Å². The molecule has 1 N–H and O–H groups in total. The van der Waals surface area contributed by atoms with Gasteiger partial charge in [-0.05, 0) is 76.5 Å². The maximum Gasteiger partial charge on any atom is 0.254 e. The normalized spacial score (nSPS) is 25.1. The van der Waals surface area contributed by atoms with Gasteiger partial charge in [-0.25, -0.2) is 8.42 Å². The van der Waals surface area contributed by atoms with E-state index in [9.17, 15) is 23.3 Å². The molecule has 0 bridgehead atoms. The second-order valence-electron chi connectivity index (χ2n) is 11.8. The zero-order valence-corrected chi connectivity index (χ0v) is 25.7. The van der Waals surface area contributed by atoms with E-state index in [1.165, 1.54) is 10.4 Å². The van der Waals surface area contributed by atoms with Crippen molar-refractivity contribution in [2.45, 2.75) is 29.3 Å². The molecule has 1 saturated carbocycles. The second kappa shape index (κ2) is 11.4. The maximum atomic E-state index is 14.7. The van der Waals surface area contributed by atoms with E-state index in [1.807, 2.05) is 29.0 Å². The van der Waals surface area contributed by atoms with Crippen LogP contribution in [0.1, 0.15) is 27.0 Å². The Kier molecular flexibility index (Phi) is 7.36. The lowest BCUT2D eigenvalue weighted by atomic mass is 9.85. The number of hydrogen-bond donors (Lipinski definition) is 1. The third kappa shape index (κ3) is 5.35. The summed E-state index contributed by atoms with van der Waals surface area (Å²) >= 11 is 1.56. The van der Waals surface area contributed by atoms with Crippen LogP contribution in [-0.2, 0) is 27.7 Å². The zero-order valence-electron chi connectivity index (χ0n) is 24.1. The number of sulfonamides is 1. The number of nitrogens with zero attached hydrogens (tertiary/aromatic N) is 4. The molecule has 7 rings (SSSR count). The van der Waals surface area contributed by atoms with E-state index < -0.39 is 15.6 Å². The fourth-order valence-corrected chi connectivity index (χ4v) is 8.89. The lowest BCUT2D eigenvalue weighted by molar-refractivity contribution is -0.132. The topological polar surface area (TPSA) is 123 Å². The number of carbonyl (C=O) groups is 2. The van der Waals surface area contributed by atoms with Crippen LogP contribution in [0, 0.1) is 23.2 Å². The van der Waals surface area contributed by atoms with Crippen molar-refractivity contribution in [2.24, 2.45) is 11.8 Å². The first kappa shape index (κ1) is 29.1. The monoisotopic (exact) mass is 635 g/mol. The molecule has 1 amide bonds. The summed E-state index contributed by atoms with van der Waals surface area (Å²) in [5, 5.41) is 16.7. The van der Waals surface area contributed by atoms with Gasteiger partial charge >= 0.3 is 0 Å². The third-order valence-corrected chi connectivity index (χ3v) is 11.5. The molecule has 226 valence electrons. The Hall–Kier alpha value is -4.63. The van der Waals surface area contributed by atoms with E-state index in [2.05, 4.69) is 16.4 Å². The molecule has 2 aliphatic heterocycles. The van der Waals surface area contributed by atoms with Crippen LogP contribution in [0.2, 0.25) is 0 Å². The van der Waals surface area contributed by atoms with Gasteiger partial charge in [0.25, 0.3) is 5.91 Å². The number of piperidine rings is 1. The molecule has 45 heavy (non-hydrogen) atoms. The zero-order chi connectivity index (χ0) is 31.2. The van der Waals surface area contributed by atoms with E-state index in [1.54, 1.807) is 83.2 Å². The molecule has 3 aliphatic rings. The van der Waals surface area contributed by atoms with Gasteiger partial charge in [-0.2, -0.15) is 20.9 Å². The van der Waals surface area contributed by atoms with Gasteiger partial charge in [-0.3, -0.25) is 19.5 Å². The summed E-state index contributed by atoms with van der Waals surface area (Å²) in [6.07, 6.45) is 5.65. The number of carbonyl (C=O) groups excluding carboxylic acids is 2. The predicted octanol–water partition coefficient (Wildman–Crippen LogP) is 4.01. The van der Waals surface area contributed by atoms with Crippen LogP contribution in [0.3, 0.4) is 0 Å². The fraction of sp³-hybridized carbons (Fsp3) is 0.235. The lowest BCUT2D eigenvalue weighted by Gasteiger charge is -2.28. The van der Waals surface area contributed by atoms with Crippen molar-refractivity contribution in [3.8, 4) is 6.07 Å². The molecule has 3 fully saturated rings. The number of thiophene rings is 1. The van der Waals surface area contributed by atoms with Gasteiger partial charge < -0.3 is 5.32 Å². The Bertz CT molecular complexity index is 1910. The van der Waals surface area contributed by atoms with Crippen LogP contribution >= 0.6 is 11.3 Å². The summed E-state index contributed by atoms with van der Waals surface area (Å²) in [6, 6.07) is 22.4. The highest BCUT2D eigenvalue weighted by Crippen LogP contribution is 2.53. The van der Waals surface area contributed by atoms with Gasteiger partial charge in [-0.1, -0.05) is 18.2 Å². The minimum Gasteiger partial charge on any atom is -0.357 e. The minimum absolute atomic E-state index is 0.0551. The van der Waals surface area contributed by atoms with Crippen LogP contribution < -0.4 is 5.32 Å². The molecule has 4 atom stereocenters. The molecular weight excluding hydrogens is 607 g/mol. The quantitative estimate of drug-likeness (QED) is 0.218. The average molecular weight is 636 g/mol. The Morgan fingerprint density at radius 2 is 1.69 bits per heavy atom. The van der Waals surface area contributed by atoms with Crippen molar-refractivity contribution in [1.82, 2.24) is 19.5 Å². The molecule has 4 heterocycles. The number of fused-ring (bicyclic) bond motifs is 1. The number of benzene rings is 2. The van der Waals surface area contributed by atoms with Gasteiger partial charge in [0.2, 0.25) is 10.0 Å². The molecular formula is C34H29N5O4S2. The molecule has 2 unspecified atom stereocenters. The van der Waals surface area contributed by atoms with Gasteiger partial charge in [-0.15, -0.1) is 0 Å². The summed E-state index contributed by atoms with van der Waals surface area (Å²) in [4.78, 5) is 34.4. The van der Waals surface area contributed by atoms with E-state index >= 15 is 0 Å². The first-order valence-electron chi connectivity index (χ1n) is 14.6. The maximum absolute atomic E-state index is 14.7. The van der Waals surface area contributed by atoms with Gasteiger partial charge in [0.15, 0.2) is 5.78 Å². The summed E-state index contributed by atoms with van der Waals surface area (Å²) in [5.74, 6) is -0.132. The number of rotatable bonds is 9. The first-order chi connectivity index (χ1) is 21.8. The summed E-state index contributed by atoms with van der Waals surface area (Å²) in [6.45, 7) is 0.601. The lowest BCUT2D eigenvalue weighted by Crippen LogP contribution is -2.51. The van der Waals surface area contributed by atoms with Crippen molar-refractivity contribution in [1.29, 1.82) is 5.26 Å². The fourth-order valence-electron chi connectivity index (χ4n) is 6.69. The molecule has 2 saturated heterocycles. The number of aromatic nitrogens is 1. The van der Waals surface area contributed by atoms with Crippen LogP contribution in [0.15, 0.2) is 113 Å². The van der Waals surface area contributed by atoms with Crippen LogP contribution in [-0.4, -0.2) is 59.0 Å². The number of nitrogens with one attached hydrogen (secondary N) is 1. The molecule has 2 aromatic heterocycles. The van der Waals surface area contributed by atoms with Crippen LogP contribution in [0.4, 0.5) is 0 Å². The number of nitriles is 1. The van der Waals surface area contributed by atoms with Crippen molar-refractivity contribution in [3.63, 3.8) is 0 Å². The Morgan fingerprint density at radius 3 is 2.33 bits per heavy atom. The standard InChI is InChI=1S/C34H29N5O4S2/c35-19-24-6-8-26(9-7-24)30(40)16-31-37-34(18-25-12-15-44-22-25,17-23-10-13-36-14-11-23)33(41)39(31)32-28-20-38(21-29(28)32)45(42,43)27-4-2-1-3-5-27/h1-16,22,28-29,32,37H,17-18,20-21H2/b31-16+/t28-,29+,32?,34?. The van der Waals surface area contributed by atoms with Crippen molar-refractivity contribution < 1.29 is 18.0 Å². The highest BCUT2D eigenvalue weighted by atomic mass is 32.2. The molecule has 11 heteroatoms. The van der Waals surface area contributed by atoms with Crippen molar-refractivity contribution in [3.05, 3.63) is 130 Å². The number of allylic oxidation sites excluding steroid dienone is 1. The van der Waals surface area contributed by atoms with Gasteiger partial charge in [0.05, 0.1) is 16.5 Å². The third-order valence-electron chi connectivity index (χ3n) is 8.96. The van der Waals surface area contributed by atoms with E-state index in [0.717, 1.165) is 11.1 Å². The number of hydrogen-bond acceptors (Lipinski definition) is 8.